The van der Waals surface area contributed by atoms with Gasteiger partial charge in [-0.05, 0) is 31.0 Å². The topological polar surface area (TPSA) is 29.5 Å². The van der Waals surface area contributed by atoms with Crippen LogP contribution in [0.15, 0.2) is 77.7 Å². The van der Waals surface area contributed by atoms with Gasteiger partial charge in [-0.3, -0.25) is 0 Å². The molecule has 2 aromatic carbocycles. The van der Waals surface area contributed by atoms with E-state index in [0.717, 1.165) is 6.42 Å². The van der Waals surface area contributed by atoms with Crippen molar-refractivity contribution in [1.82, 2.24) is 0 Å². The molecule has 2 aromatic rings. The SMILES string of the molecule is CC(O)(/C=C\CCOCc1ccccc1)CSc1ccccc1. The summed E-state index contributed by atoms with van der Waals surface area (Å²) in [6.07, 6.45) is 4.67. The van der Waals surface area contributed by atoms with Gasteiger partial charge in [0.1, 0.15) is 0 Å². The lowest BCUT2D eigenvalue weighted by Crippen LogP contribution is -2.24. The van der Waals surface area contributed by atoms with Crippen molar-refractivity contribution >= 4 is 11.8 Å². The Bertz CT molecular complexity index is 579. The van der Waals surface area contributed by atoms with Crippen LogP contribution in [0.1, 0.15) is 18.9 Å². The van der Waals surface area contributed by atoms with Crippen molar-refractivity contribution < 1.29 is 9.84 Å². The van der Waals surface area contributed by atoms with E-state index < -0.39 is 5.60 Å². The van der Waals surface area contributed by atoms with Gasteiger partial charge in [0, 0.05) is 10.6 Å². The number of thioether (sulfide) groups is 1. The Morgan fingerprint density at radius 3 is 2.39 bits per heavy atom. The van der Waals surface area contributed by atoms with Crippen molar-refractivity contribution in [2.45, 2.75) is 30.4 Å². The third-order valence-electron chi connectivity index (χ3n) is 3.29. The Kier molecular flexibility index (Phi) is 7.40. The highest BCUT2D eigenvalue weighted by molar-refractivity contribution is 7.99. The van der Waals surface area contributed by atoms with E-state index >= 15 is 0 Å². The minimum Gasteiger partial charge on any atom is -0.385 e. The molecule has 0 fully saturated rings. The molecule has 3 heteroatoms. The van der Waals surface area contributed by atoms with Gasteiger partial charge >= 0.3 is 0 Å². The molecular weight excluding hydrogens is 304 g/mol. The van der Waals surface area contributed by atoms with Crippen molar-refractivity contribution in [3.8, 4) is 0 Å². The van der Waals surface area contributed by atoms with Crippen molar-refractivity contribution in [2.75, 3.05) is 12.4 Å². The number of hydrogen-bond donors (Lipinski definition) is 1. The molecule has 0 saturated heterocycles. The smallest absolute Gasteiger partial charge is 0.0893 e. The van der Waals surface area contributed by atoms with E-state index in [-0.39, 0.29) is 0 Å². The standard InChI is InChI=1S/C20H24O2S/c1-20(21,17-23-19-12-6-3-7-13-19)14-8-9-15-22-16-18-10-4-2-5-11-18/h2-8,10-14,21H,9,15-17H2,1H3/b14-8-. The monoisotopic (exact) mass is 328 g/mol. The van der Waals surface area contributed by atoms with Crippen LogP contribution in [0.25, 0.3) is 0 Å². The number of aliphatic hydroxyl groups is 1. The average molecular weight is 328 g/mol. The van der Waals surface area contributed by atoms with Crippen molar-refractivity contribution in [1.29, 1.82) is 0 Å². The maximum Gasteiger partial charge on any atom is 0.0893 e. The second kappa shape index (κ2) is 9.56. The van der Waals surface area contributed by atoms with Gasteiger partial charge in [-0.25, -0.2) is 0 Å². The molecule has 0 spiro atoms. The summed E-state index contributed by atoms with van der Waals surface area (Å²) in [6, 6.07) is 20.3. The predicted molar refractivity (Wildman–Crippen MR) is 97.6 cm³/mol. The van der Waals surface area contributed by atoms with Crippen LogP contribution in [0.2, 0.25) is 0 Å². The molecule has 0 aromatic heterocycles. The highest BCUT2D eigenvalue weighted by Crippen LogP contribution is 2.23. The van der Waals surface area contributed by atoms with Crippen LogP contribution in [-0.2, 0) is 11.3 Å². The molecule has 0 bridgehead atoms. The Hall–Kier alpha value is -1.55. The molecule has 122 valence electrons. The third-order valence-corrected chi connectivity index (χ3v) is 4.63. The first-order valence-electron chi connectivity index (χ1n) is 7.85. The van der Waals surface area contributed by atoms with Crippen LogP contribution in [0.4, 0.5) is 0 Å². The highest BCUT2D eigenvalue weighted by Gasteiger charge is 2.16. The molecule has 0 aliphatic rings. The first kappa shape index (κ1) is 17.8. The normalized spacial score (nSPS) is 14.0. The van der Waals surface area contributed by atoms with Gasteiger partial charge in [0.15, 0.2) is 0 Å². The molecule has 0 aliphatic heterocycles. The lowest BCUT2D eigenvalue weighted by atomic mass is 10.1. The Morgan fingerprint density at radius 2 is 1.70 bits per heavy atom. The summed E-state index contributed by atoms with van der Waals surface area (Å²) in [6.45, 7) is 3.13. The molecular formula is C20H24O2S. The molecule has 0 saturated carbocycles. The van der Waals surface area contributed by atoms with E-state index in [0.29, 0.717) is 19.0 Å². The van der Waals surface area contributed by atoms with Gasteiger partial charge in [0.05, 0.1) is 18.8 Å². The van der Waals surface area contributed by atoms with Gasteiger partial charge in [0.25, 0.3) is 0 Å². The van der Waals surface area contributed by atoms with Crippen LogP contribution in [-0.4, -0.2) is 23.1 Å². The van der Waals surface area contributed by atoms with Gasteiger partial charge in [0.2, 0.25) is 0 Å². The maximum absolute atomic E-state index is 10.4. The molecule has 1 N–H and O–H groups in total. The third kappa shape index (κ3) is 7.51. The largest absolute Gasteiger partial charge is 0.385 e. The van der Waals surface area contributed by atoms with Gasteiger partial charge < -0.3 is 9.84 Å². The van der Waals surface area contributed by atoms with Crippen LogP contribution < -0.4 is 0 Å². The predicted octanol–water partition coefficient (Wildman–Crippen LogP) is 4.69. The minimum atomic E-state index is -0.806. The number of rotatable bonds is 9. The van der Waals surface area contributed by atoms with Crippen LogP contribution in [0.3, 0.4) is 0 Å². The van der Waals surface area contributed by atoms with Crippen LogP contribution in [0.5, 0.6) is 0 Å². The molecule has 0 radical (unpaired) electrons. The molecule has 23 heavy (non-hydrogen) atoms. The van der Waals surface area contributed by atoms with Crippen molar-refractivity contribution in [3.63, 3.8) is 0 Å². The number of benzene rings is 2. The fourth-order valence-electron chi connectivity index (χ4n) is 2.05. The van der Waals surface area contributed by atoms with E-state index in [9.17, 15) is 5.11 Å². The highest BCUT2D eigenvalue weighted by atomic mass is 32.2. The lowest BCUT2D eigenvalue weighted by Gasteiger charge is -2.18. The Balaban J connectivity index is 1.63. The van der Waals surface area contributed by atoms with Crippen LogP contribution in [0, 0.1) is 0 Å². The Labute approximate surface area is 143 Å². The van der Waals surface area contributed by atoms with Crippen molar-refractivity contribution in [3.05, 3.63) is 78.4 Å². The van der Waals surface area contributed by atoms with Crippen molar-refractivity contribution in [2.24, 2.45) is 0 Å². The maximum atomic E-state index is 10.4. The van der Waals surface area contributed by atoms with E-state index in [1.54, 1.807) is 11.8 Å². The summed E-state index contributed by atoms with van der Waals surface area (Å²) >= 11 is 1.66. The van der Waals surface area contributed by atoms with E-state index in [4.69, 9.17) is 4.74 Å². The van der Waals surface area contributed by atoms with Gasteiger partial charge in [-0.15, -0.1) is 11.8 Å². The summed E-state index contributed by atoms with van der Waals surface area (Å²) in [4.78, 5) is 1.17. The second-order valence-corrected chi connectivity index (χ2v) is 6.74. The first-order valence-corrected chi connectivity index (χ1v) is 8.84. The van der Waals surface area contributed by atoms with E-state index in [1.807, 2.05) is 55.5 Å². The first-order chi connectivity index (χ1) is 11.2. The summed E-state index contributed by atoms with van der Waals surface area (Å²) < 4.78 is 5.63. The summed E-state index contributed by atoms with van der Waals surface area (Å²) in [7, 11) is 0. The van der Waals surface area contributed by atoms with Crippen LogP contribution >= 0.6 is 11.8 Å². The zero-order valence-electron chi connectivity index (χ0n) is 13.5. The summed E-state index contributed by atoms with van der Waals surface area (Å²) in [5.74, 6) is 0.637. The fraction of sp³-hybridized carbons (Fsp3) is 0.300. The molecule has 0 amide bonds. The zero-order valence-corrected chi connectivity index (χ0v) is 14.3. The molecule has 0 heterocycles. The summed E-state index contributed by atoms with van der Waals surface area (Å²) in [5.41, 5.74) is 0.377. The van der Waals surface area contributed by atoms with E-state index in [1.165, 1.54) is 10.5 Å². The lowest BCUT2D eigenvalue weighted by molar-refractivity contribution is 0.123. The molecule has 2 rings (SSSR count). The molecule has 1 unspecified atom stereocenters. The average Bonchev–Trinajstić information content (AvgIpc) is 2.58. The van der Waals surface area contributed by atoms with Gasteiger partial charge in [-0.1, -0.05) is 60.7 Å². The second-order valence-electron chi connectivity index (χ2n) is 5.69. The molecule has 2 nitrogen and oxygen atoms in total. The number of ether oxygens (including phenoxy) is 1. The Morgan fingerprint density at radius 1 is 1.04 bits per heavy atom. The quantitative estimate of drug-likeness (QED) is 0.411. The van der Waals surface area contributed by atoms with Gasteiger partial charge in [-0.2, -0.15) is 0 Å². The number of hydrogen-bond acceptors (Lipinski definition) is 3. The minimum absolute atomic E-state index is 0.634. The van der Waals surface area contributed by atoms with E-state index in [2.05, 4.69) is 24.3 Å². The summed E-state index contributed by atoms with van der Waals surface area (Å²) in [5, 5.41) is 10.4. The fourth-order valence-corrected chi connectivity index (χ4v) is 2.95. The molecule has 1 atom stereocenters. The molecule has 0 aliphatic carbocycles. The zero-order chi connectivity index (χ0) is 16.4.